The number of hydrogen-bond donors (Lipinski definition) is 1. The molecule has 4 nitrogen and oxygen atoms in total. The Morgan fingerprint density at radius 2 is 1.85 bits per heavy atom. The molecule has 1 saturated heterocycles. The summed E-state index contributed by atoms with van der Waals surface area (Å²) in [4.78, 5) is 26.4. The maximum absolute atomic E-state index is 12.6. The average Bonchev–Trinajstić information content (AvgIpc) is 2.95. The second-order valence-corrected chi connectivity index (χ2v) is 8.11. The minimum absolute atomic E-state index is 0.0107. The van der Waals surface area contributed by atoms with Crippen molar-refractivity contribution in [2.24, 2.45) is 5.92 Å². The third kappa shape index (κ3) is 3.93. The lowest BCUT2D eigenvalue weighted by Gasteiger charge is -2.25. The molecule has 0 bridgehead atoms. The Balaban J connectivity index is 1.92. The molecule has 0 saturated carbocycles. The van der Waals surface area contributed by atoms with Crippen LogP contribution in [0.25, 0.3) is 0 Å². The summed E-state index contributed by atoms with van der Waals surface area (Å²) in [6.45, 7) is 7.82. The van der Waals surface area contributed by atoms with Crippen LogP contribution >= 0.6 is 11.8 Å². The zero-order valence-electron chi connectivity index (χ0n) is 15.6. The van der Waals surface area contributed by atoms with Crippen LogP contribution in [-0.4, -0.2) is 17.6 Å². The average molecular weight is 369 g/mol. The molecule has 1 N–H and O–H groups in total. The van der Waals surface area contributed by atoms with E-state index in [9.17, 15) is 9.59 Å². The zero-order valence-corrected chi connectivity index (χ0v) is 16.4. The van der Waals surface area contributed by atoms with Gasteiger partial charge in [-0.1, -0.05) is 32.0 Å². The number of carbonyl (C=O) groups is 2. The van der Waals surface area contributed by atoms with Crippen molar-refractivity contribution in [3.8, 4) is 0 Å². The highest BCUT2D eigenvalue weighted by Crippen LogP contribution is 2.42. The number of nitrogens with zero attached hydrogens (tertiary/aromatic N) is 1. The van der Waals surface area contributed by atoms with Gasteiger partial charge in [-0.15, -0.1) is 11.8 Å². The summed E-state index contributed by atoms with van der Waals surface area (Å²) >= 11 is 1.62. The molecule has 26 heavy (non-hydrogen) atoms. The fraction of sp³-hybridized carbons (Fsp3) is 0.333. The summed E-state index contributed by atoms with van der Waals surface area (Å²) in [5, 5.41) is 2.85. The Labute approximate surface area is 159 Å². The standard InChI is InChI=1S/C21H24N2O2S/c1-13(2)20(25)22-17-7-5-6-16(11-17)21-23(19(24)12-26-21)18-9-14(3)8-15(4)10-18/h5-11,13,21H,12H2,1-4H3,(H,22,25). The van der Waals surface area contributed by atoms with Gasteiger partial charge in [-0.05, 0) is 54.8 Å². The number of thioether (sulfide) groups is 1. The Hall–Kier alpha value is -2.27. The second kappa shape index (κ2) is 7.54. The van der Waals surface area contributed by atoms with Crippen molar-refractivity contribution in [2.75, 3.05) is 16.0 Å². The summed E-state index contributed by atoms with van der Waals surface area (Å²) in [5.74, 6) is 0.484. The number of amides is 2. The van der Waals surface area contributed by atoms with Crippen molar-refractivity contribution in [1.29, 1.82) is 0 Å². The highest BCUT2D eigenvalue weighted by atomic mass is 32.2. The molecule has 2 aromatic rings. The van der Waals surface area contributed by atoms with E-state index in [1.54, 1.807) is 11.8 Å². The number of aryl methyl sites for hydroxylation is 2. The maximum Gasteiger partial charge on any atom is 0.238 e. The number of rotatable bonds is 4. The Kier molecular flexibility index (Phi) is 5.37. The molecule has 136 valence electrons. The highest BCUT2D eigenvalue weighted by molar-refractivity contribution is 8.00. The molecule has 1 fully saturated rings. The number of anilines is 2. The zero-order chi connectivity index (χ0) is 18.8. The summed E-state index contributed by atoms with van der Waals surface area (Å²) in [6.07, 6.45) is 0. The molecule has 1 unspecified atom stereocenters. The van der Waals surface area contributed by atoms with Gasteiger partial charge in [0.15, 0.2) is 0 Å². The fourth-order valence-electron chi connectivity index (χ4n) is 3.10. The van der Waals surface area contributed by atoms with Crippen molar-refractivity contribution in [3.63, 3.8) is 0 Å². The number of benzene rings is 2. The smallest absolute Gasteiger partial charge is 0.238 e. The maximum atomic E-state index is 12.6. The van der Waals surface area contributed by atoms with Crippen molar-refractivity contribution >= 4 is 35.0 Å². The molecule has 1 atom stereocenters. The van der Waals surface area contributed by atoms with Crippen LogP contribution in [0.1, 0.15) is 35.9 Å². The van der Waals surface area contributed by atoms with E-state index in [2.05, 4.69) is 11.4 Å². The van der Waals surface area contributed by atoms with Crippen LogP contribution in [0, 0.1) is 19.8 Å². The van der Waals surface area contributed by atoms with E-state index in [1.807, 2.05) is 69.0 Å². The monoisotopic (exact) mass is 368 g/mol. The first kappa shape index (κ1) is 18.5. The summed E-state index contributed by atoms with van der Waals surface area (Å²) in [5.41, 5.74) is 4.99. The van der Waals surface area contributed by atoms with Gasteiger partial charge in [0.05, 0.1) is 5.75 Å². The van der Waals surface area contributed by atoms with Crippen LogP contribution in [0.15, 0.2) is 42.5 Å². The second-order valence-electron chi connectivity index (χ2n) is 7.04. The van der Waals surface area contributed by atoms with Gasteiger partial charge in [0, 0.05) is 17.3 Å². The van der Waals surface area contributed by atoms with Crippen molar-refractivity contribution in [3.05, 3.63) is 59.2 Å². The topological polar surface area (TPSA) is 49.4 Å². The predicted octanol–water partition coefficient (Wildman–Crippen LogP) is 4.68. The summed E-state index contributed by atoms with van der Waals surface area (Å²) in [7, 11) is 0. The van der Waals surface area contributed by atoms with Gasteiger partial charge in [0.1, 0.15) is 5.37 Å². The van der Waals surface area contributed by atoms with Crippen LogP contribution < -0.4 is 10.2 Å². The van der Waals surface area contributed by atoms with Crippen LogP contribution in [-0.2, 0) is 9.59 Å². The van der Waals surface area contributed by atoms with Gasteiger partial charge in [-0.3, -0.25) is 14.5 Å². The largest absolute Gasteiger partial charge is 0.326 e. The van der Waals surface area contributed by atoms with E-state index in [1.165, 1.54) is 0 Å². The van der Waals surface area contributed by atoms with E-state index >= 15 is 0 Å². The molecule has 2 amide bonds. The summed E-state index contributed by atoms with van der Waals surface area (Å²) in [6, 6.07) is 14.0. The van der Waals surface area contributed by atoms with Crippen molar-refractivity contribution in [2.45, 2.75) is 33.1 Å². The molecule has 1 aliphatic heterocycles. The molecule has 1 aliphatic rings. The SMILES string of the molecule is Cc1cc(C)cc(N2C(=O)CSC2c2cccc(NC(=O)C(C)C)c2)c1. The first-order valence-electron chi connectivity index (χ1n) is 8.78. The van der Waals surface area contributed by atoms with E-state index in [-0.39, 0.29) is 23.1 Å². The fourth-order valence-corrected chi connectivity index (χ4v) is 4.26. The molecule has 1 heterocycles. The van der Waals surface area contributed by atoms with E-state index in [4.69, 9.17) is 0 Å². The van der Waals surface area contributed by atoms with Crippen LogP contribution in [0.5, 0.6) is 0 Å². The third-order valence-corrected chi connectivity index (χ3v) is 5.53. The first-order valence-corrected chi connectivity index (χ1v) is 9.83. The first-order chi connectivity index (χ1) is 12.3. The molecule has 0 spiro atoms. The quantitative estimate of drug-likeness (QED) is 0.853. The van der Waals surface area contributed by atoms with Crippen molar-refractivity contribution in [1.82, 2.24) is 0 Å². The lowest BCUT2D eigenvalue weighted by atomic mass is 10.1. The van der Waals surface area contributed by atoms with Gasteiger partial charge in [0.2, 0.25) is 11.8 Å². The van der Waals surface area contributed by atoms with E-state index in [0.717, 1.165) is 28.1 Å². The molecule has 2 aromatic carbocycles. The molecule has 5 heteroatoms. The molecular formula is C21H24N2O2S. The third-order valence-electron chi connectivity index (χ3n) is 4.32. The normalized spacial score (nSPS) is 17.0. The Bertz CT molecular complexity index is 827. The Morgan fingerprint density at radius 1 is 1.15 bits per heavy atom. The molecular weight excluding hydrogens is 344 g/mol. The lowest BCUT2D eigenvalue weighted by Crippen LogP contribution is -2.28. The molecule has 0 aromatic heterocycles. The lowest BCUT2D eigenvalue weighted by molar-refractivity contribution is -0.119. The van der Waals surface area contributed by atoms with E-state index in [0.29, 0.717) is 5.75 Å². The van der Waals surface area contributed by atoms with Gasteiger partial charge >= 0.3 is 0 Å². The minimum atomic E-state index is -0.0837. The predicted molar refractivity (Wildman–Crippen MR) is 109 cm³/mol. The van der Waals surface area contributed by atoms with Crippen LogP contribution in [0.4, 0.5) is 11.4 Å². The number of nitrogens with one attached hydrogen (secondary N) is 1. The van der Waals surface area contributed by atoms with Crippen LogP contribution in [0.2, 0.25) is 0 Å². The van der Waals surface area contributed by atoms with Gasteiger partial charge < -0.3 is 5.32 Å². The Morgan fingerprint density at radius 3 is 2.50 bits per heavy atom. The van der Waals surface area contributed by atoms with E-state index < -0.39 is 0 Å². The molecule has 3 rings (SSSR count). The van der Waals surface area contributed by atoms with Crippen LogP contribution in [0.3, 0.4) is 0 Å². The van der Waals surface area contributed by atoms with Gasteiger partial charge in [-0.2, -0.15) is 0 Å². The molecule has 0 aliphatic carbocycles. The highest BCUT2D eigenvalue weighted by Gasteiger charge is 2.34. The number of hydrogen-bond acceptors (Lipinski definition) is 3. The number of carbonyl (C=O) groups excluding carboxylic acids is 2. The summed E-state index contributed by atoms with van der Waals surface area (Å²) < 4.78 is 0. The van der Waals surface area contributed by atoms with Gasteiger partial charge in [-0.25, -0.2) is 0 Å². The minimum Gasteiger partial charge on any atom is -0.326 e. The van der Waals surface area contributed by atoms with Crippen molar-refractivity contribution < 1.29 is 9.59 Å². The molecule has 0 radical (unpaired) electrons. The van der Waals surface area contributed by atoms with Gasteiger partial charge in [0.25, 0.3) is 0 Å².